The fourth-order valence-corrected chi connectivity index (χ4v) is 3.38. The Bertz CT molecular complexity index is 961. The van der Waals surface area contributed by atoms with E-state index in [0.717, 1.165) is 0 Å². The molecule has 0 unspecified atom stereocenters. The highest BCUT2D eigenvalue weighted by molar-refractivity contribution is 5.98. The maximum absolute atomic E-state index is 12.6. The molecule has 0 spiro atoms. The van der Waals surface area contributed by atoms with Crippen LogP contribution in [0.3, 0.4) is 0 Å². The fraction of sp³-hybridized carbons (Fsp3) is 0.412. The molecule has 0 aliphatic carbocycles. The van der Waals surface area contributed by atoms with Crippen molar-refractivity contribution in [2.75, 3.05) is 19.5 Å². The number of nitro groups is 1. The van der Waals surface area contributed by atoms with Crippen LogP contribution in [0.25, 0.3) is 0 Å². The number of hydrogen-bond donors (Lipinski definition) is 2. The Morgan fingerprint density at radius 1 is 1.19 bits per heavy atom. The average Bonchev–Trinajstić information content (AvgIpc) is 2.96. The number of amides is 1. The molecule has 10 nitrogen and oxygen atoms in total. The largest absolute Gasteiger partial charge is 0.493 e. The van der Waals surface area contributed by atoms with Crippen molar-refractivity contribution in [3.8, 4) is 11.5 Å². The van der Waals surface area contributed by atoms with Crippen LogP contribution >= 0.6 is 0 Å². The minimum Gasteiger partial charge on any atom is -0.493 e. The summed E-state index contributed by atoms with van der Waals surface area (Å²) in [6.45, 7) is 3.65. The van der Waals surface area contributed by atoms with Gasteiger partial charge < -0.3 is 14.8 Å². The minimum absolute atomic E-state index is 0.150. The van der Waals surface area contributed by atoms with Crippen molar-refractivity contribution in [3.05, 3.63) is 49.8 Å². The van der Waals surface area contributed by atoms with Crippen LogP contribution in [0.2, 0.25) is 0 Å². The van der Waals surface area contributed by atoms with Crippen LogP contribution in [0.1, 0.15) is 36.9 Å². The summed E-state index contributed by atoms with van der Waals surface area (Å²) in [4.78, 5) is 36.1. The number of anilines is 1. The van der Waals surface area contributed by atoms with Gasteiger partial charge in [-0.05, 0) is 31.5 Å². The van der Waals surface area contributed by atoms with Crippen molar-refractivity contribution < 1.29 is 19.2 Å². The highest BCUT2D eigenvalue weighted by Crippen LogP contribution is 2.40. The third kappa shape index (κ3) is 2.92. The van der Waals surface area contributed by atoms with Gasteiger partial charge in [-0.1, -0.05) is 6.07 Å². The first kappa shape index (κ1) is 18.5. The van der Waals surface area contributed by atoms with E-state index in [0.29, 0.717) is 17.1 Å². The Kier molecular flexibility index (Phi) is 4.64. The average molecular weight is 376 g/mol. The number of nitrogens with one attached hydrogen (secondary N) is 2. The molecule has 1 aliphatic rings. The first-order valence-corrected chi connectivity index (χ1v) is 8.30. The lowest BCUT2D eigenvalue weighted by Gasteiger charge is -2.27. The molecule has 10 heteroatoms. The number of rotatable bonds is 5. The van der Waals surface area contributed by atoms with Crippen LogP contribution in [0.4, 0.5) is 5.82 Å². The summed E-state index contributed by atoms with van der Waals surface area (Å²) in [7, 11) is 2.91. The molecule has 27 heavy (non-hydrogen) atoms. The Morgan fingerprint density at radius 3 is 2.41 bits per heavy atom. The van der Waals surface area contributed by atoms with E-state index in [4.69, 9.17) is 9.47 Å². The van der Waals surface area contributed by atoms with E-state index in [1.54, 1.807) is 18.2 Å². The van der Waals surface area contributed by atoms with Gasteiger partial charge in [0.15, 0.2) is 11.5 Å². The number of hydrogen-bond acceptors (Lipinski definition) is 6. The van der Waals surface area contributed by atoms with E-state index in [1.165, 1.54) is 18.9 Å². The predicted molar refractivity (Wildman–Crippen MR) is 96.2 cm³/mol. The fourth-order valence-electron chi connectivity index (χ4n) is 3.38. The summed E-state index contributed by atoms with van der Waals surface area (Å²) in [5.74, 6) is -0.803. The molecule has 1 aromatic carbocycles. The van der Waals surface area contributed by atoms with Crippen LogP contribution in [0.15, 0.2) is 23.0 Å². The number of nitrogens with zero attached hydrogens (tertiary/aromatic N) is 2. The zero-order valence-corrected chi connectivity index (χ0v) is 15.3. The maximum atomic E-state index is 12.6. The molecule has 1 aliphatic heterocycles. The second kappa shape index (κ2) is 6.78. The molecular formula is C17H20N4O6. The molecule has 0 radical (unpaired) electrons. The smallest absolute Gasteiger partial charge is 0.301 e. The van der Waals surface area contributed by atoms with Crippen LogP contribution in [-0.2, 0) is 4.79 Å². The van der Waals surface area contributed by atoms with Gasteiger partial charge in [0.2, 0.25) is 0 Å². The lowest BCUT2D eigenvalue weighted by Crippen LogP contribution is -2.45. The number of carbonyl (C=O) groups excluding carboxylic acids is 1. The molecule has 2 aromatic rings. The SMILES string of the molecule is COc1ccc([C@H]2c3c(n(C(C)C)[nH]c3=O)NC(=O)[C@@H]2[N+](=O)[O-])cc1OC. The topological polar surface area (TPSA) is 128 Å². The Hall–Kier alpha value is -3.30. The van der Waals surface area contributed by atoms with Gasteiger partial charge in [0.1, 0.15) is 5.82 Å². The summed E-state index contributed by atoms with van der Waals surface area (Å²) < 4.78 is 12.0. The van der Waals surface area contributed by atoms with Gasteiger partial charge >= 0.3 is 11.9 Å². The third-order valence-electron chi connectivity index (χ3n) is 4.61. The molecule has 1 aromatic heterocycles. The van der Waals surface area contributed by atoms with Gasteiger partial charge in [-0.25, -0.2) is 0 Å². The van der Waals surface area contributed by atoms with Crippen molar-refractivity contribution in [1.82, 2.24) is 9.78 Å². The predicted octanol–water partition coefficient (Wildman–Crippen LogP) is 1.50. The zero-order chi connectivity index (χ0) is 19.9. The van der Waals surface area contributed by atoms with Crippen LogP contribution in [0, 0.1) is 10.1 Å². The summed E-state index contributed by atoms with van der Waals surface area (Å²) in [6.07, 6.45) is 0. The second-order valence-electron chi connectivity index (χ2n) is 6.48. The lowest BCUT2D eigenvalue weighted by molar-refractivity contribution is -0.509. The molecular weight excluding hydrogens is 356 g/mol. The van der Waals surface area contributed by atoms with Crippen molar-refractivity contribution in [1.29, 1.82) is 0 Å². The number of aromatic nitrogens is 2. The molecule has 0 saturated carbocycles. The van der Waals surface area contributed by atoms with Crippen molar-refractivity contribution in [2.24, 2.45) is 0 Å². The molecule has 144 valence electrons. The van der Waals surface area contributed by atoms with Gasteiger partial charge in [0, 0.05) is 11.0 Å². The lowest BCUT2D eigenvalue weighted by atomic mass is 9.83. The maximum Gasteiger partial charge on any atom is 0.301 e. The standard InChI is InChI=1S/C17H20N4O6/c1-8(2)20-15-13(16(22)19-20)12(14(21(24)25)17(23)18-15)9-5-6-10(26-3)11(7-9)27-4/h5-8,12,14H,1-4H3,(H,18,23)(H,19,22)/t12-,14+/m0/s1. The van der Waals surface area contributed by atoms with Crippen LogP contribution < -0.4 is 20.3 Å². The number of fused-ring (bicyclic) bond motifs is 1. The normalized spacial score (nSPS) is 18.8. The van der Waals surface area contributed by atoms with E-state index in [2.05, 4.69) is 10.4 Å². The third-order valence-corrected chi connectivity index (χ3v) is 4.61. The highest BCUT2D eigenvalue weighted by atomic mass is 16.6. The summed E-state index contributed by atoms with van der Waals surface area (Å²) in [5.41, 5.74) is 0.0833. The molecule has 2 N–H and O–H groups in total. The highest BCUT2D eigenvalue weighted by Gasteiger charge is 2.48. The first-order chi connectivity index (χ1) is 12.8. The van der Waals surface area contributed by atoms with Crippen molar-refractivity contribution in [3.63, 3.8) is 0 Å². The molecule has 3 rings (SSSR count). The molecule has 0 bridgehead atoms. The quantitative estimate of drug-likeness (QED) is 0.601. The van der Waals surface area contributed by atoms with E-state index in [9.17, 15) is 19.7 Å². The summed E-state index contributed by atoms with van der Waals surface area (Å²) >= 11 is 0. The van der Waals surface area contributed by atoms with E-state index < -0.39 is 28.3 Å². The Labute approximate surface area is 154 Å². The number of methoxy groups -OCH3 is 2. The molecule has 2 atom stereocenters. The molecule has 0 fully saturated rings. The molecule has 0 saturated heterocycles. The molecule has 1 amide bonds. The second-order valence-corrected chi connectivity index (χ2v) is 6.48. The van der Waals surface area contributed by atoms with Crippen LogP contribution in [-0.4, -0.2) is 40.9 Å². The summed E-state index contributed by atoms with van der Waals surface area (Å²) in [6, 6.07) is 2.94. The van der Waals surface area contributed by atoms with Gasteiger partial charge in [-0.2, -0.15) is 0 Å². The number of aromatic amines is 1. The number of carbonyl (C=O) groups is 1. The van der Waals surface area contributed by atoms with Crippen molar-refractivity contribution in [2.45, 2.75) is 31.8 Å². The van der Waals surface area contributed by atoms with Crippen molar-refractivity contribution >= 4 is 11.7 Å². The minimum atomic E-state index is -1.64. The zero-order valence-electron chi connectivity index (χ0n) is 15.3. The monoisotopic (exact) mass is 376 g/mol. The van der Waals surface area contributed by atoms with Gasteiger partial charge in [-0.3, -0.25) is 29.5 Å². The number of H-pyrrole nitrogens is 1. The first-order valence-electron chi connectivity index (χ1n) is 8.30. The molecule has 2 heterocycles. The van der Waals surface area contributed by atoms with Gasteiger partial charge in [0.05, 0.1) is 25.7 Å². The van der Waals surface area contributed by atoms with Gasteiger partial charge in [0.25, 0.3) is 5.56 Å². The van der Waals surface area contributed by atoms with Crippen LogP contribution in [0.5, 0.6) is 11.5 Å². The Morgan fingerprint density at radius 2 is 1.85 bits per heavy atom. The van der Waals surface area contributed by atoms with E-state index in [1.807, 2.05) is 13.8 Å². The van der Waals surface area contributed by atoms with Gasteiger partial charge in [-0.15, -0.1) is 0 Å². The number of benzene rings is 1. The van der Waals surface area contributed by atoms with E-state index in [-0.39, 0.29) is 17.4 Å². The van der Waals surface area contributed by atoms with E-state index >= 15 is 0 Å². The number of ether oxygens (including phenoxy) is 2. The Balaban J connectivity index is 2.27. The summed E-state index contributed by atoms with van der Waals surface area (Å²) in [5, 5.41) is 16.8.